The van der Waals surface area contributed by atoms with Crippen molar-refractivity contribution in [3.8, 4) is 11.1 Å². The number of hydrogen-bond acceptors (Lipinski definition) is 10. The molecule has 16 nitrogen and oxygen atoms in total. The molecule has 5 aromatic rings. The van der Waals surface area contributed by atoms with Gasteiger partial charge in [0, 0.05) is 106 Å². The second kappa shape index (κ2) is 19.6. The minimum absolute atomic E-state index is 0.0134. The number of amides is 5. The number of fused-ring (bicyclic) bond motifs is 3. The van der Waals surface area contributed by atoms with Crippen molar-refractivity contribution in [2.24, 2.45) is 7.05 Å². The predicted molar refractivity (Wildman–Crippen MR) is 248 cm³/mol. The zero-order chi connectivity index (χ0) is 46.8. The second-order valence-electron chi connectivity index (χ2n) is 18.2. The fraction of sp³-hybridized carbons (Fsp3) is 0.469. The molecule has 0 radical (unpaired) electrons. The lowest BCUT2D eigenvalue weighted by molar-refractivity contribution is -0.135. The van der Waals surface area contributed by atoms with Crippen LogP contribution in [0.25, 0.3) is 22.0 Å². The van der Waals surface area contributed by atoms with Crippen molar-refractivity contribution in [1.29, 1.82) is 0 Å². The van der Waals surface area contributed by atoms with Crippen LogP contribution in [0.5, 0.6) is 0 Å². The van der Waals surface area contributed by atoms with Gasteiger partial charge in [0.1, 0.15) is 11.9 Å². The number of unbranched alkanes of at least 4 members (excludes halogenated alkanes) is 3. The Balaban J connectivity index is 0.779. The van der Waals surface area contributed by atoms with E-state index in [1.165, 1.54) is 0 Å². The van der Waals surface area contributed by atoms with Gasteiger partial charge in [-0.25, -0.2) is 13.8 Å². The number of halogens is 2. The van der Waals surface area contributed by atoms with Gasteiger partial charge in [0.2, 0.25) is 23.6 Å². The average Bonchev–Trinajstić information content (AvgIpc) is 3.94. The molecule has 2 saturated heterocycles. The van der Waals surface area contributed by atoms with Gasteiger partial charge in [0.15, 0.2) is 5.82 Å². The first kappa shape index (κ1) is 45.4. The fourth-order valence-electron chi connectivity index (χ4n) is 10.1. The van der Waals surface area contributed by atoms with E-state index >= 15 is 0 Å². The molecule has 5 amide bonds. The number of imide groups is 1. The number of aromatic nitrogens is 5. The summed E-state index contributed by atoms with van der Waals surface area (Å²) in [6.07, 6.45) is 8.80. The maximum atomic E-state index is 14.7. The molecule has 7 heterocycles. The van der Waals surface area contributed by atoms with Gasteiger partial charge in [-0.3, -0.25) is 38.7 Å². The maximum Gasteiger partial charge on any atom is 0.264 e. The summed E-state index contributed by atoms with van der Waals surface area (Å²) >= 11 is 0. The SMILES string of the molecule is CC(=O)N1CCc2c(c(N3CCCc4cc(-c5cnn(C)c5)c(C(F)F)cc43)nn2C2CCN(C(=O)CCCCCCNc3ccc4cccc(C(=O)NC5CCC(=O)NC5=O)c4n3)CC2)C1. The summed E-state index contributed by atoms with van der Waals surface area (Å²) in [6, 6.07) is 11.9. The Bertz CT molecular complexity index is 2710. The Labute approximate surface area is 387 Å². The number of rotatable bonds is 14. The van der Waals surface area contributed by atoms with E-state index in [-0.39, 0.29) is 42.2 Å². The van der Waals surface area contributed by atoms with Gasteiger partial charge in [0.05, 0.1) is 29.9 Å². The van der Waals surface area contributed by atoms with E-state index in [1.54, 1.807) is 49.2 Å². The summed E-state index contributed by atoms with van der Waals surface area (Å²) < 4.78 is 33.2. The number of carbonyl (C=O) groups is 5. The lowest BCUT2D eigenvalue weighted by atomic mass is 9.92. The molecule has 0 aliphatic carbocycles. The molecule has 4 aliphatic rings. The molecule has 3 aromatic heterocycles. The van der Waals surface area contributed by atoms with Gasteiger partial charge in [-0.05, 0) is 86.4 Å². The van der Waals surface area contributed by atoms with Gasteiger partial charge in [-0.15, -0.1) is 0 Å². The van der Waals surface area contributed by atoms with Crippen LogP contribution in [0.15, 0.2) is 54.9 Å². The smallest absolute Gasteiger partial charge is 0.264 e. The van der Waals surface area contributed by atoms with Crippen molar-refractivity contribution in [3.63, 3.8) is 0 Å². The number of alkyl halides is 2. The van der Waals surface area contributed by atoms with Crippen molar-refractivity contribution >= 4 is 57.8 Å². The minimum Gasteiger partial charge on any atom is -0.370 e. The Morgan fingerprint density at radius 1 is 0.925 bits per heavy atom. The molecule has 1 atom stereocenters. The number of nitrogens with zero attached hydrogens (tertiary/aromatic N) is 8. The van der Waals surface area contributed by atoms with Crippen LogP contribution in [0.3, 0.4) is 0 Å². The van der Waals surface area contributed by atoms with Gasteiger partial charge in [-0.1, -0.05) is 25.0 Å². The molecule has 0 bridgehead atoms. The lowest BCUT2D eigenvalue weighted by Gasteiger charge is -2.34. The first-order valence-electron chi connectivity index (χ1n) is 23.5. The van der Waals surface area contributed by atoms with Crippen LogP contribution in [0, 0.1) is 0 Å². The van der Waals surface area contributed by atoms with Crippen molar-refractivity contribution in [3.05, 3.63) is 82.8 Å². The topological polar surface area (TPSA) is 180 Å². The van der Waals surface area contributed by atoms with Gasteiger partial charge < -0.3 is 25.3 Å². The lowest BCUT2D eigenvalue weighted by Crippen LogP contribution is -2.52. The molecule has 67 heavy (non-hydrogen) atoms. The standard InChI is InChI=1S/C49H57F2N11O5/c1-30(63)60-24-19-40-38(29-60)47(61-21-8-10-32-25-36(33-27-53-58(2)28-33)37(46(50)51)26-41(32)61)57-62(40)34-17-22-59(23-18-34)44(65)12-5-3-4-6-20-52-42-15-13-31-9-7-11-35(45(31)55-42)48(66)54-39-14-16-43(64)56-49(39)67/h7,9,11,13,15,25-28,34,39,46H,3-6,8,10,12,14,16-24,29H2,1-2H3,(H,52,55)(H,54,66)(H,56,64,67). The van der Waals surface area contributed by atoms with Crippen molar-refractivity contribution in [2.45, 2.75) is 109 Å². The Hall–Kier alpha value is -6.72. The van der Waals surface area contributed by atoms with E-state index in [4.69, 9.17) is 10.1 Å². The second-order valence-corrected chi connectivity index (χ2v) is 18.2. The van der Waals surface area contributed by atoms with E-state index in [0.29, 0.717) is 80.1 Å². The monoisotopic (exact) mass is 917 g/mol. The summed E-state index contributed by atoms with van der Waals surface area (Å²) in [5.74, 6) is 0.214. The Morgan fingerprint density at radius 3 is 2.51 bits per heavy atom. The molecular formula is C49H57F2N11O5. The minimum atomic E-state index is -2.68. The largest absolute Gasteiger partial charge is 0.370 e. The summed E-state index contributed by atoms with van der Waals surface area (Å²) in [5.41, 5.74) is 5.71. The van der Waals surface area contributed by atoms with Crippen LogP contribution < -0.4 is 20.9 Å². The fourth-order valence-corrected chi connectivity index (χ4v) is 10.1. The van der Waals surface area contributed by atoms with Crippen molar-refractivity contribution in [2.75, 3.05) is 42.9 Å². The molecule has 2 aromatic carbocycles. The number of likely N-dealkylation sites (tertiary alicyclic amines) is 1. The Morgan fingerprint density at radius 2 is 1.75 bits per heavy atom. The third-order valence-corrected chi connectivity index (χ3v) is 13.7. The number of pyridine rings is 1. The third kappa shape index (κ3) is 9.74. The molecule has 9 rings (SSSR count). The van der Waals surface area contributed by atoms with Gasteiger partial charge in [-0.2, -0.15) is 10.2 Å². The van der Waals surface area contributed by atoms with Crippen LogP contribution >= 0.6 is 0 Å². The molecule has 352 valence electrons. The van der Waals surface area contributed by atoms with Crippen LogP contribution in [0.1, 0.15) is 116 Å². The number of carbonyl (C=O) groups excluding carboxylic acids is 5. The molecule has 18 heteroatoms. The van der Waals surface area contributed by atoms with E-state index in [0.717, 1.165) is 85.1 Å². The first-order valence-corrected chi connectivity index (χ1v) is 23.5. The molecule has 2 fully saturated rings. The summed E-state index contributed by atoms with van der Waals surface area (Å²) in [5, 5.41) is 18.6. The highest BCUT2D eigenvalue weighted by atomic mass is 19.3. The molecule has 0 saturated carbocycles. The number of para-hydroxylation sites is 1. The Kier molecular flexibility index (Phi) is 13.3. The third-order valence-electron chi connectivity index (χ3n) is 13.7. The van der Waals surface area contributed by atoms with E-state index in [2.05, 4.69) is 30.6 Å². The summed E-state index contributed by atoms with van der Waals surface area (Å²) in [4.78, 5) is 73.5. The number of hydrogen-bond donors (Lipinski definition) is 3. The normalized spacial score (nSPS) is 17.7. The average molecular weight is 918 g/mol. The number of aryl methyl sites for hydroxylation is 2. The summed E-state index contributed by atoms with van der Waals surface area (Å²) in [6.45, 7) is 5.10. The molecule has 3 N–H and O–H groups in total. The highest BCUT2D eigenvalue weighted by Crippen LogP contribution is 2.44. The van der Waals surface area contributed by atoms with E-state index < -0.39 is 24.3 Å². The highest BCUT2D eigenvalue weighted by Gasteiger charge is 2.35. The number of piperidine rings is 2. The van der Waals surface area contributed by atoms with Crippen LogP contribution in [-0.4, -0.2) is 103 Å². The predicted octanol–water partition coefficient (Wildman–Crippen LogP) is 6.52. The highest BCUT2D eigenvalue weighted by molar-refractivity contribution is 6.08. The van der Waals surface area contributed by atoms with E-state index in [9.17, 15) is 32.8 Å². The zero-order valence-corrected chi connectivity index (χ0v) is 38.0. The first-order chi connectivity index (χ1) is 32.4. The van der Waals surface area contributed by atoms with Crippen molar-refractivity contribution < 1.29 is 32.8 Å². The van der Waals surface area contributed by atoms with E-state index in [1.807, 2.05) is 34.1 Å². The molecule has 1 unspecified atom stereocenters. The zero-order valence-electron chi connectivity index (χ0n) is 38.0. The molecular weight excluding hydrogens is 861 g/mol. The van der Waals surface area contributed by atoms with Crippen LogP contribution in [-0.2, 0) is 45.6 Å². The maximum absolute atomic E-state index is 14.7. The number of anilines is 3. The summed E-state index contributed by atoms with van der Waals surface area (Å²) in [7, 11) is 1.77. The van der Waals surface area contributed by atoms with Crippen LogP contribution in [0.4, 0.5) is 26.1 Å². The van der Waals surface area contributed by atoms with Crippen LogP contribution in [0.2, 0.25) is 0 Å². The number of nitrogens with one attached hydrogen (secondary N) is 3. The van der Waals surface area contributed by atoms with Gasteiger partial charge >= 0.3 is 0 Å². The van der Waals surface area contributed by atoms with Crippen molar-refractivity contribution in [1.82, 2.24) is 45.0 Å². The molecule has 4 aliphatic heterocycles. The van der Waals surface area contributed by atoms with Gasteiger partial charge in [0.25, 0.3) is 12.3 Å². The quantitative estimate of drug-likeness (QED) is 0.0821. The number of benzene rings is 2. The molecule has 0 spiro atoms.